The monoisotopic (exact) mass is 888 g/mol. The number of esters is 2. The number of fused-ring (bicyclic) bond motifs is 2. The van der Waals surface area contributed by atoms with E-state index in [2.05, 4.69) is 108 Å². The molecule has 0 amide bonds. The molecule has 312 valence electrons. The molecule has 7 rings (SSSR count). The summed E-state index contributed by atoms with van der Waals surface area (Å²) in [6.45, 7) is 28.9. The van der Waals surface area contributed by atoms with Gasteiger partial charge in [-0.3, -0.25) is 0 Å². The molecule has 3 aliphatic rings. The Morgan fingerprint density at radius 1 is 0.621 bits per heavy atom. The van der Waals surface area contributed by atoms with Crippen LogP contribution in [0.2, 0.25) is 0 Å². The fraction of sp³-hybridized carbons (Fsp3) is 0.542. The van der Waals surface area contributed by atoms with Crippen LogP contribution in [0.3, 0.4) is 0 Å². The molecule has 0 radical (unpaired) electrons. The summed E-state index contributed by atoms with van der Waals surface area (Å²) in [5, 5.41) is 0. The lowest BCUT2D eigenvalue weighted by atomic mass is 9.75. The van der Waals surface area contributed by atoms with Gasteiger partial charge in [0.05, 0.1) is 22.3 Å². The van der Waals surface area contributed by atoms with E-state index in [-0.39, 0.29) is 34.0 Å². The SMILES string of the molecule is CC1(C)CCc2sc(-c3ccc(B4OC(C)(C)C(C)(C)O4)cc3)c(C(=O)OC(C)(C)C)c2C1.CC1(C)CCc2sc(-c3ccc(Br)cc3)c(C(=O)OC(C)(C)C)c2C1. The molecule has 0 N–H and O–H groups in total. The smallest absolute Gasteiger partial charge is 0.456 e. The zero-order valence-electron chi connectivity index (χ0n) is 37.1. The number of benzene rings is 2. The molecule has 2 aromatic carbocycles. The van der Waals surface area contributed by atoms with E-state index in [4.69, 9.17) is 18.8 Å². The molecule has 10 heteroatoms. The Kier molecular flexibility index (Phi) is 12.3. The van der Waals surface area contributed by atoms with Gasteiger partial charge in [0.2, 0.25) is 0 Å². The minimum atomic E-state index is -0.534. The summed E-state index contributed by atoms with van der Waals surface area (Å²) in [4.78, 5) is 31.1. The number of aryl methyl sites for hydroxylation is 2. The van der Waals surface area contributed by atoms with Crippen LogP contribution in [-0.4, -0.2) is 41.5 Å². The highest BCUT2D eigenvalue weighted by molar-refractivity contribution is 9.10. The van der Waals surface area contributed by atoms with Crippen molar-refractivity contribution in [1.29, 1.82) is 0 Å². The fourth-order valence-electron chi connectivity index (χ4n) is 7.71. The molecule has 3 heterocycles. The van der Waals surface area contributed by atoms with E-state index < -0.39 is 18.3 Å². The molecule has 1 aliphatic heterocycles. The first kappa shape index (κ1) is 44.8. The van der Waals surface area contributed by atoms with E-state index in [1.807, 2.05) is 53.7 Å². The molecule has 4 aromatic rings. The van der Waals surface area contributed by atoms with Crippen LogP contribution in [0, 0.1) is 10.8 Å². The normalized spacial score (nSPS) is 19.1. The van der Waals surface area contributed by atoms with Crippen molar-refractivity contribution in [2.45, 2.75) is 158 Å². The van der Waals surface area contributed by atoms with Crippen molar-refractivity contribution in [3.05, 3.63) is 85.0 Å². The van der Waals surface area contributed by atoms with E-state index in [9.17, 15) is 9.59 Å². The lowest BCUT2D eigenvalue weighted by Gasteiger charge is -2.32. The van der Waals surface area contributed by atoms with Crippen molar-refractivity contribution in [3.8, 4) is 20.9 Å². The maximum atomic E-state index is 13.4. The largest absolute Gasteiger partial charge is 0.494 e. The van der Waals surface area contributed by atoms with Gasteiger partial charge in [0, 0.05) is 24.0 Å². The van der Waals surface area contributed by atoms with Gasteiger partial charge in [0.25, 0.3) is 0 Å². The summed E-state index contributed by atoms with van der Waals surface area (Å²) in [6.07, 6.45) is 6.18. The Balaban J connectivity index is 0.000000203. The van der Waals surface area contributed by atoms with E-state index in [1.165, 1.54) is 20.9 Å². The van der Waals surface area contributed by atoms with Gasteiger partial charge in [-0.15, -0.1) is 22.7 Å². The van der Waals surface area contributed by atoms with Gasteiger partial charge in [0.1, 0.15) is 11.2 Å². The van der Waals surface area contributed by atoms with Crippen molar-refractivity contribution in [1.82, 2.24) is 0 Å². The van der Waals surface area contributed by atoms with Crippen molar-refractivity contribution >= 4 is 63.1 Å². The fourth-order valence-corrected chi connectivity index (χ4v) is 10.6. The van der Waals surface area contributed by atoms with Gasteiger partial charge >= 0.3 is 19.1 Å². The van der Waals surface area contributed by atoms with Crippen LogP contribution in [0.5, 0.6) is 0 Å². The quantitative estimate of drug-likeness (QED) is 0.147. The van der Waals surface area contributed by atoms with E-state index in [1.54, 1.807) is 22.7 Å². The van der Waals surface area contributed by atoms with Gasteiger partial charge in [-0.1, -0.05) is 80.0 Å². The molecule has 0 bridgehead atoms. The molecule has 58 heavy (non-hydrogen) atoms. The summed E-state index contributed by atoms with van der Waals surface area (Å²) in [5.74, 6) is -0.414. The maximum Gasteiger partial charge on any atom is 0.494 e. The number of thiophene rings is 2. The Labute approximate surface area is 364 Å². The van der Waals surface area contributed by atoms with Gasteiger partial charge in [0.15, 0.2) is 0 Å². The molecule has 0 spiro atoms. The molecule has 0 atom stereocenters. The molecule has 0 saturated carbocycles. The maximum absolute atomic E-state index is 13.4. The molecular weight excluding hydrogens is 827 g/mol. The Morgan fingerprint density at radius 2 is 0.983 bits per heavy atom. The lowest BCUT2D eigenvalue weighted by Crippen LogP contribution is -2.41. The van der Waals surface area contributed by atoms with E-state index >= 15 is 0 Å². The zero-order valence-corrected chi connectivity index (χ0v) is 40.3. The van der Waals surface area contributed by atoms with Gasteiger partial charge in [-0.05, 0) is 158 Å². The summed E-state index contributed by atoms with van der Waals surface area (Å²) in [5.41, 5.74) is 5.65. The first-order valence-electron chi connectivity index (χ1n) is 20.6. The summed E-state index contributed by atoms with van der Waals surface area (Å²) < 4.78 is 25.1. The first-order valence-corrected chi connectivity index (χ1v) is 23.0. The molecule has 6 nitrogen and oxygen atoms in total. The predicted octanol–water partition coefficient (Wildman–Crippen LogP) is 12.8. The molecular formula is C48H62BBrO6S2. The number of rotatable bonds is 5. The first-order chi connectivity index (χ1) is 26.6. The Morgan fingerprint density at radius 3 is 1.34 bits per heavy atom. The summed E-state index contributed by atoms with van der Waals surface area (Å²) in [7, 11) is -0.397. The summed E-state index contributed by atoms with van der Waals surface area (Å²) >= 11 is 6.99. The highest BCUT2D eigenvalue weighted by Gasteiger charge is 2.51. The number of hydrogen-bond donors (Lipinski definition) is 0. The van der Waals surface area contributed by atoms with Crippen LogP contribution in [0.1, 0.15) is 151 Å². The van der Waals surface area contributed by atoms with Crippen molar-refractivity contribution < 1.29 is 28.4 Å². The standard InChI is InChI=1S/C27H37BO4S.C21H25BrO2S/c1-24(2,3)30-23(29)21-19-16-25(4,5)15-14-20(19)33-22(21)17-10-12-18(13-11-17)28-31-26(6,7)27(8,9)32-28;1-20(2,3)24-19(23)17-15-12-21(4,5)11-10-16(15)25-18(17)13-6-8-14(22)9-7-13/h10-13H,14-16H2,1-9H3;6-9H,10-12H2,1-5H3. The van der Waals surface area contributed by atoms with Crippen LogP contribution < -0.4 is 5.46 Å². The Hall–Kier alpha value is -2.76. The molecule has 1 saturated heterocycles. The van der Waals surface area contributed by atoms with Crippen LogP contribution >= 0.6 is 38.6 Å². The number of ether oxygens (including phenoxy) is 2. The third-order valence-electron chi connectivity index (χ3n) is 11.6. The van der Waals surface area contributed by atoms with Gasteiger partial charge < -0.3 is 18.8 Å². The van der Waals surface area contributed by atoms with Crippen molar-refractivity contribution in [3.63, 3.8) is 0 Å². The lowest BCUT2D eigenvalue weighted by molar-refractivity contribution is 0.00562. The third-order valence-corrected chi connectivity index (χ3v) is 14.8. The summed E-state index contributed by atoms with van der Waals surface area (Å²) in [6, 6.07) is 16.5. The number of halogens is 1. The van der Waals surface area contributed by atoms with Crippen molar-refractivity contribution in [2.24, 2.45) is 10.8 Å². The number of hydrogen-bond acceptors (Lipinski definition) is 8. The molecule has 2 aliphatic carbocycles. The minimum Gasteiger partial charge on any atom is -0.456 e. The predicted molar refractivity (Wildman–Crippen MR) is 245 cm³/mol. The second kappa shape index (κ2) is 15.9. The van der Waals surface area contributed by atoms with Gasteiger partial charge in [-0.25, -0.2) is 9.59 Å². The zero-order chi connectivity index (χ0) is 42.8. The van der Waals surface area contributed by atoms with Crippen LogP contribution in [-0.2, 0) is 44.5 Å². The topological polar surface area (TPSA) is 71.1 Å². The second-order valence-electron chi connectivity index (χ2n) is 20.8. The van der Waals surface area contributed by atoms with Crippen molar-refractivity contribution in [2.75, 3.05) is 0 Å². The molecule has 2 aromatic heterocycles. The second-order valence-corrected chi connectivity index (χ2v) is 23.9. The van der Waals surface area contributed by atoms with Crippen LogP contribution in [0.4, 0.5) is 0 Å². The molecule has 0 unspecified atom stereocenters. The van der Waals surface area contributed by atoms with Crippen LogP contribution in [0.15, 0.2) is 53.0 Å². The third kappa shape index (κ3) is 10.1. The molecule has 1 fully saturated rings. The Bertz CT molecular complexity index is 2140. The van der Waals surface area contributed by atoms with E-state index in [0.29, 0.717) is 0 Å². The van der Waals surface area contributed by atoms with E-state index in [0.717, 1.165) is 80.5 Å². The van der Waals surface area contributed by atoms with Gasteiger partial charge in [-0.2, -0.15) is 0 Å². The number of carbonyl (C=O) groups excluding carboxylic acids is 2. The number of carbonyl (C=O) groups is 2. The average Bonchev–Trinajstić information content (AvgIpc) is 3.70. The minimum absolute atomic E-state index is 0.183. The van der Waals surface area contributed by atoms with Crippen LogP contribution in [0.25, 0.3) is 20.9 Å². The highest BCUT2D eigenvalue weighted by atomic mass is 79.9. The highest BCUT2D eigenvalue weighted by Crippen LogP contribution is 2.47. The average molecular weight is 890 g/mol.